The van der Waals surface area contributed by atoms with Crippen molar-refractivity contribution < 1.29 is 14.2 Å². The van der Waals surface area contributed by atoms with Crippen LogP contribution in [0.4, 0.5) is 5.69 Å². The maximum absolute atomic E-state index is 5.88. The quantitative estimate of drug-likeness (QED) is 0.465. The Balaban J connectivity index is 1.47. The van der Waals surface area contributed by atoms with E-state index in [2.05, 4.69) is 48.2 Å². The van der Waals surface area contributed by atoms with Crippen molar-refractivity contribution >= 4 is 5.69 Å². The summed E-state index contributed by atoms with van der Waals surface area (Å²) < 4.78 is 18.9. The van der Waals surface area contributed by atoms with Crippen molar-refractivity contribution in [2.75, 3.05) is 52.4 Å². The fraction of sp³-hybridized carbons (Fsp3) is 0.519. The third-order valence-corrected chi connectivity index (χ3v) is 7.53. The molecule has 2 aliphatic rings. The largest absolute Gasteiger partial charge is 0.497 e. The van der Waals surface area contributed by atoms with Gasteiger partial charge in [0.1, 0.15) is 11.8 Å². The standard InChI is InChI=1S/C27H36N6O3/c1-34-22-14-12-20(13-15-22)31-16-18-32(19-17-31)25(23-10-7-11-24(35-2)26(23)36-3)27-28-29-30-33(27)21-8-5-4-6-9-21/h7,10-15,21,25H,4-6,8-9,16-19H2,1-3H3. The lowest BCUT2D eigenvalue weighted by molar-refractivity contribution is 0.190. The molecule has 0 N–H and O–H groups in total. The average molecular weight is 493 g/mol. The third-order valence-electron chi connectivity index (χ3n) is 7.53. The molecule has 36 heavy (non-hydrogen) atoms. The molecule has 0 radical (unpaired) electrons. The van der Waals surface area contributed by atoms with Gasteiger partial charge in [-0.3, -0.25) is 4.90 Å². The average Bonchev–Trinajstić information content (AvgIpc) is 3.43. The van der Waals surface area contributed by atoms with Gasteiger partial charge in [-0.15, -0.1) is 5.10 Å². The highest BCUT2D eigenvalue weighted by molar-refractivity contribution is 5.51. The topological polar surface area (TPSA) is 77.8 Å². The predicted octanol–water partition coefficient (Wildman–Crippen LogP) is 4.12. The number of benzene rings is 2. The van der Waals surface area contributed by atoms with Gasteiger partial charge in [-0.05, 0) is 53.6 Å². The zero-order valence-corrected chi connectivity index (χ0v) is 21.5. The van der Waals surface area contributed by atoms with Crippen LogP contribution < -0.4 is 19.1 Å². The minimum atomic E-state index is -0.134. The molecule has 2 aromatic carbocycles. The molecule has 1 aliphatic heterocycles. The summed E-state index contributed by atoms with van der Waals surface area (Å²) in [7, 11) is 5.07. The van der Waals surface area contributed by atoms with Crippen LogP contribution in [0.1, 0.15) is 55.6 Å². The second-order valence-electron chi connectivity index (χ2n) is 9.48. The van der Waals surface area contributed by atoms with Crippen LogP contribution in [-0.4, -0.2) is 72.6 Å². The van der Waals surface area contributed by atoms with E-state index in [-0.39, 0.29) is 6.04 Å². The molecular formula is C27H36N6O3. The Kier molecular flexibility index (Phi) is 7.55. The highest BCUT2D eigenvalue weighted by Crippen LogP contribution is 2.41. The Bertz CT molecular complexity index is 1120. The predicted molar refractivity (Wildman–Crippen MR) is 138 cm³/mol. The molecule has 1 aliphatic carbocycles. The highest BCUT2D eigenvalue weighted by Gasteiger charge is 2.35. The van der Waals surface area contributed by atoms with Gasteiger partial charge in [0.05, 0.1) is 27.4 Å². The van der Waals surface area contributed by atoms with Crippen LogP contribution >= 0.6 is 0 Å². The molecule has 2 heterocycles. The summed E-state index contributed by atoms with van der Waals surface area (Å²) in [4.78, 5) is 4.89. The van der Waals surface area contributed by atoms with Gasteiger partial charge in [-0.25, -0.2) is 4.68 Å². The number of aromatic nitrogens is 4. The van der Waals surface area contributed by atoms with Crippen LogP contribution in [0, 0.1) is 0 Å². The van der Waals surface area contributed by atoms with Crippen molar-refractivity contribution in [3.05, 3.63) is 53.9 Å². The Morgan fingerprint density at radius 2 is 1.58 bits per heavy atom. The van der Waals surface area contributed by atoms with Crippen molar-refractivity contribution in [1.82, 2.24) is 25.1 Å². The van der Waals surface area contributed by atoms with E-state index in [1.807, 2.05) is 24.3 Å². The first-order valence-electron chi connectivity index (χ1n) is 12.8. The van der Waals surface area contributed by atoms with E-state index in [9.17, 15) is 0 Å². The monoisotopic (exact) mass is 492 g/mol. The normalized spacial score (nSPS) is 18.1. The van der Waals surface area contributed by atoms with Gasteiger partial charge in [-0.1, -0.05) is 31.4 Å². The Hall–Kier alpha value is -3.33. The number of anilines is 1. The number of ether oxygens (including phenoxy) is 3. The molecule has 0 amide bonds. The lowest BCUT2D eigenvalue weighted by Crippen LogP contribution is -2.48. The summed E-state index contributed by atoms with van der Waals surface area (Å²) in [5.74, 6) is 3.21. The van der Waals surface area contributed by atoms with Crippen molar-refractivity contribution in [2.45, 2.75) is 44.2 Å². The van der Waals surface area contributed by atoms with Gasteiger partial charge < -0.3 is 19.1 Å². The second-order valence-corrected chi connectivity index (χ2v) is 9.48. The van der Waals surface area contributed by atoms with Crippen LogP contribution in [0.2, 0.25) is 0 Å². The van der Waals surface area contributed by atoms with E-state index < -0.39 is 0 Å². The van der Waals surface area contributed by atoms with Crippen LogP contribution in [0.3, 0.4) is 0 Å². The first kappa shape index (κ1) is 24.4. The van der Waals surface area contributed by atoms with Crippen molar-refractivity contribution in [3.8, 4) is 17.2 Å². The van der Waals surface area contributed by atoms with E-state index in [4.69, 9.17) is 14.2 Å². The van der Waals surface area contributed by atoms with E-state index in [0.717, 1.165) is 61.9 Å². The Morgan fingerprint density at radius 1 is 0.833 bits per heavy atom. The lowest BCUT2D eigenvalue weighted by atomic mass is 9.94. The molecule has 192 valence electrons. The van der Waals surface area contributed by atoms with Crippen molar-refractivity contribution in [2.24, 2.45) is 0 Å². The van der Waals surface area contributed by atoms with E-state index >= 15 is 0 Å². The molecule has 0 spiro atoms. The SMILES string of the molecule is COc1ccc(N2CCN(C(c3cccc(OC)c3OC)c3nnnn3C3CCCCC3)CC2)cc1. The zero-order valence-electron chi connectivity index (χ0n) is 21.5. The van der Waals surface area contributed by atoms with Crippen molar-refractivity contribution in [3.63, 3.8) is 0 Å². The summed E-state index contributed by atoms with van der Waals surface area (Å²) in [5.41, 5.74) is 2.24. The summed E-state index contributed by atoms with van der Waals surface area (Å²) in [6.07, 6.45) is 5.96. The molecule has 9 nitrogen and oxygen atoms in total. The maximum atomic E-state index is 5.88. The van der Waals surface area contributed by atoms with Gasteiger partial charge in [-0.2, -0.15) is 0 Å². The molecule has 1 atom stereocenters. The molecule has 1 saturated carbocycles. The molecule has 9 heteroatoms. The van der Waals surface area contributed by atoms with Crippen LogP contribution in [0.25, 0.3) is 0 Å². The molecule has 0 bridgehead atoms. The lowest BCUT2D eigenvalue weighted by Gasteiger charge is -2.40. The highest BCUT2D eigenvalue weighted by atomic mass is 16.5. The van der Waals surface area contributed by atoms with Crippen LogP contribution in [-0.2, 0) is 0 Å². The second kappa shape index (κ2) is 11.2. The van der Waals surface area contributed by atoms with E-state index in [1.165, 1.54) is 24.9 Å². The summed E-state index contributed by atoms with van der Waals surface area (Å²) in [5, 5.41) is 13.3. The van der Waals surface area contributed by atoms with E-state index in [0.29, 0.717) is 11.8 Å². The minimum Gasteiger partial charge on any atom is -0.497 e. The van der Waals surface area contributed by atoms with Gasteiger partial charge in [0.15, 0.2) is 17.3 Å². The number of nitrogens with zero attached hydrogens (tertiary/aromatic N) is 6. The first-order valence-corrected chi connectivity index (χ1v) is 12.8. The molecule has 5 rings (SSSR count). The van der Waals surface area contributed by atoms with Crippen molar-refractivity contribution in [1.29, 1.82) is 0 Å². The van der Waals surface area contributed by atoms with Crippen LogP contribution in [0.15, 0.2) is 42.5 Å². The zero-order chi connectivity index (χ0) is 24.9. The summed E-state index contributed by atoms with van der Waals surface area (Å²) in [6.45, 7) is 3.55. The van der Waals surface area contributed by atoms with Gasteiger partial charge in [0.25, 0.3) is 0 Å². The summed E-state index contributed by atoms with van der Waals surface area (Å²) >= 11 is 0. The Morgan fingerprint density at radius 3 is 2.25 bits per heavy atom. The number of piperazine rings is 1. The molecule has 1 aromatic heterocycles. The molecular weight excluding hydrogens is 456 g/mol. The summed E-state index contributed by atoms with van der Waals surface area (Å²) in [6, 6.07) is 14.6. The maximum Gasteiger partial charge on any atom is 0.173 e. The number of methoxy groups -OCH3 is 3. The number of tetrazole rings is 1. The van der Waals surface area contributed by atoms with E-state index in [1.54, 1.807) is 21.3 Å². The fourth-order valence-corrected chi connectivity index (χ4v) is 5.62. The molecule has 2 fully saturated rings. The first-order chi connectivity index (χ1) is 17.7. The van der Waals surface area contributed by atoms with Gasteiger partial charge in [0.2, 0.25) is 0 Å². The number of hydrogen-bond acceptors (Lipinski definition) is 8. The molecule has 3 aromatic rings. The third kappa shape index (κ3) is 4.84. The smallest absolute Gasteiger partial charge is 0.173 e. The molecule has 1 unspecified atom stereocenters. The fourth-order valence-electron chi connectivity index (χ4n) is 5.62. The Labute approximate surface area is 212 Å². The van der Waals surface area contributed by atoms with Gasteiger partial charge >= 0.3 is 0 Å². The minimum absolute atomic E-state index is 0.134. The van der Waals surface area contributed by atoms with Gasteiger partial charge in [0, 0.05) is 37.4 Å². The number of para-hydroxylation sites is 1. The van der Waals surface area contributed by atoms with Crippen LogP contribution in [0.5, 0.6) is 17.2 Å². The number of hydrogen-bond donors (Lipinski definition) is 0. The number of rotatable bonds is 8. The molecule has 1 saturated heterocycles.